The second-order valence-corrected chi connectivity index (χ2v) is 3.60. The van der Waals surface area contributed by atoms with Crippen LogP contribution < -0.4 is 5.73 Å². The zero-order valence-corrected chi connectivity index (χ0v) is 8.32. The van der Waals surface area contributed by atoms with Crippen molar-refractivity contribution in [2.45, 2.75) is 31.8 Å². The van der Waals surface area contributed by atoms with Crippen molar-refractivity contribution in [3.05, 3.63) is 0 Å². The fourth-order valence-corrected chi connectivity index (χ4v) is 1.71. The van der Waals surface area contributed by atoms with Gasteiger partial charge in [-0.1, -0.05) is 0 Å². The highest BCUT2D eigenvalue weighted by Crippen LogP contribution is 2.12. The number of hydrogen-bond acceptors (Lipinski definition) is 4. The highest BCUT2D eigenvalue weighted by Gasteiger charge is 2.25. The summed E-state index contributed by atoms with van der Waals surface area (Å²) in [6.45, 7) is 3.62. The smallest absolute Gasteiger partial charge is 0.322 e. The van der Waals surface area contributed by atoms with Gasteiger partial charge in [0.2, 0.25) is 0 Å². The summed E-state index contributed by atoms with van der Waals surface area (Å²) in [7, 11) is 1.42. The van der Waals surface area contributed by atoms with Gasteiger partial charge in [-0.05, 0) is 26.3 Å². The number of rotatable bonds is 2. The average molecular weight is 186 g/mol. The molecule has 13 heavy (non-hydrogen) atoms. The van der Waals surface area contributed by atoms with E-state index in [-0.39, 0.29) is 18.1 Å². The van der Waals surface area contributed by atoms with E-state index in [9.17, 15) is 4.79 Å². The van der Waals surface area contributed by atoms with Gasteiger partial charge in [-0.25, -0.2) is 0 Å². The molecule has 0 aromatic rings. The first-order valence-electron chi connectivity index (χ1n) is 4.72. The summed E-state index contributed by atoms with van der Waals surface area (Å²) in [5.74, 6) is -0.172. The lowest BCUT2D eigenvalue weighted by Gasteiger charge is -2.33. The van der Waals surface area contributed by atoms with E-state index in [0.29, 0.717) is 0 Å². The van der Waals surface area contributed by atoms with E-state index in [4.69, 9.17) is 5.73 Å². The van der Waals surface area contributed by atoms with E-state index >= 15 is 0 Å². The zero-order valence-electron chi connectivity index (χ0n) is 8.32. The van der Waals surface area contributed by atoms with Crippen molar-refractivity contribution in [2.75, 3.05) is 20.2 Å². The highest BCUT2D eigenvalue weighted by atomic mass is 16.5. The Morgan fingerprint density at radius 1 is 1.69 bits per heavy atom. The van der Waals surface area contributed by atoms with Gasteiger partial charge in [0, 0.05) is 12.6 Å². The van der Waals surface area contributed by atoms with Gasteiger partial charge in [0.25, 0.3) is 0 Å². The van der Waals surface area contributed by atoms with Gasteiger partial charge in [-0.3, -0.25) is 9.69 Å². The van der Waals surface area contributed by atoms with Crippen LogP contribution in [0.4, 0.5) is 0 Å². The second kappa shape index (κ2) is 4.58. The summed E-state index contributed by atoms with van der Waals surface area (Å²) < 4.78 is 4.68. The SMILES string of the molecule is COC(=O)C(C)N1CCC[C@@H](N)C1. The molecule has 0 aromatic carbocycles. The van der Waals surface area contributed by atoms with Crippen LogP contribution in [0.2, 0.25) is 0 Å². The molecule has 1 unspecified atom stereocenters. The van der Waals surface area contributed by atoms with E-state index < -0.39 is 0 Å². The topological polar surface area (TPSA) is 55.6 Å². The molecule has 0 radical (unpaired) electrons. The van der Waals surface area contributed by atoms with Gasteiger partial charge >= 0.3 is 5.97 Å². The molecule has 0 saturated carbocycles. The minimum absolute atomic E-state index is 0.156. The van der Waals surface area contributed by atoms with Gasteiger partial charge in [-0.2, -0.15) is 0 Å². The maximum atomic E-state index is 11.2. The molecule has 0 bridgehead atoms. The number of ether oxygens (including phenoxy) is 1. The number of nitrogens with zero attached hydrogens (tertiary/aromatic N) is 1. The highest BCUT2D eigenvalue weighted by molar-refractivity contribution is 5.75. The quantitative estimate of drug-likeness (QED) is 0.615. The van der Waals surface area contributed by atoms with E-state index in [1.807, 2.05) is 6.92 Å². The molecule has 0 amide bonds. The van der Waals surface area contributed by atoms with Crippen LogP contribution in [-0.2, 0) is 9.53 Å². The van der Waals surface area contributed by atoms with Crippen molar-refractivity contribution in [2.24, 2.45) is 5.73 Å². The maximum absolute atomic E-state index is 11.2. The molecule has 1 aliphatic rings. The monoisotopic (exact) mass is 186 g/mol. The first-order valence-corrected chi connectivity index (χ1v) is 4.72. The van der Waals surface area contributed by atoms with Crippen LogP contribution in [0.5, 0.6) is 0 Å². The molecule has 1 rings (SSSR count). The third kappa shape index (κ3) is 2.67. The molecule has 2 atom stereocenters. The summed E-state index contributed by atoms with van der Waals surface area (Å²) in [5, 5.41) is 0. The van der Waals surface area contributed by atoms with E-state index in [1.165, 1.54) is 7.11 Å². The first-order chi connectivity index (χ1) is 6.15. The number of hydrogen-bond donors (Lipinski definition) is 1. The molecule has 76 valence electrons. The van der Waals surface area contributed by atoms with Crippen LogP contribution in [-0.4, -0.2) is 43.2 Å². The van der Waals surface area contributed by atoms with E-state index in [1.54, 1.807) is 0 Å². The van der Waals surface area contributed by atoms with Crippen molar-refractivity contribution in [1.82, 2.24) is 4.90 Å². The predicted molar refractivity (Wildman–Crippen MR) is 50.3 cm³/mol. The molecular formula is C9H18N2O2. The first kappa shape index (κ1) is 10.5. The Morgan fingerprint density at radius 2 is 2.38 bits per heavy atom. The molecule has 2 N–H and O–H groups in total. The fraction of sp³-hybridized carbons (Fsp3) is 0.889. The fourth-order valence-electron chi connectivity index (χ4n) is 1.71. The number of methoxy groups -OCH3 is 1. The number of nitrogens with two attached hydrogens (primary N) is 1. The third-order valence-corrected chi connectivity index (χ3v) is 2.58. The van der Waals surface area contributed by atoms with Gasteiger partial charge in [0.15, 0.2) is 0 Å². The van der Waals surface area contributed by atoms with E-state index in [2.05, 4.69) is 9.64 Å². The second-order valence-electron chi connectivity index (χ2n) is 3.60. The van der Waals surface area contributed by atoms with Gasteiger partial charge < -0.3 is 10.5 Å². The maximum Gasteiger partial charge on any atom is 0.322 e. The summed E-state index contributed by atoms with van der Waals surface area (Å²) in [6, 6.07) is 0.0530. The molecule has 1 aliphatic heterocycles. The molecule has 0 aromatic heterocycles. The average Bonchev–Trinajstić information content (AvgIpc) is 2.15. The Morgan fingerprint density at radius 3 is 2.92 bits per heavy atom. The summed E-state index contributed by atoms with van der Waals surface area (Å²) in [5.41, 5.74) is 5.81. The lowest BCUT2D eigenvalue weighted by molar-refractivity contribution is -0.146. The Hall–Kier alpha value is -0.610. The molecule has 4 heteroatoms. The van der Waals surface area contributed by atoms with Crippen LogP contribution >= 0.6 is 0 Å². The Labute approximate surface area is 79.0 Å². The van der Waals surface area contributed by atoms with Crippen molar-refractivity contribution in [1.29, 1.82) is 0 Å². The number of likely N-dealkylation sites (tertiary alicyclic amines) is 1. The van der Waals surface area contributed by atoms with Gasteiger partial charge in [0.1, 0.15) is 6.04 Å². The third-order valence-electron chi connectivity index (χ3n) is 2.58. The van der Waals surface area contributed by atoms with E-state index in [0.717, 1.165) is 25.9 Å². The van der Waals surface area contributed by atoms with Crippen LogP contribution in [0.3, 0.4) is 0 Å². The predicted octanol–water partition coefficient (Wildman–Crippen LogP) is -0.0290. The minimum Gasteiger partial charge on any atom is -0.468 e. The van der Waals surface area contributed by atoms with Crippen LogP contribution in [0, 0.1) is 0 Å². The van der Waals surface area contributed by atoms with Crippen molar-refractivity contribution in [3.63, 3.8) is 0 Å². The molecule has 4 nitrogen and oxygen atoms in total. The van der Waals surface area contributed by atoms with Crippen LogP contribution in [0.15, 0.2) is 0 Å². The molecule has 1 saturated heterocycles. The standard InChI is InChI=1S/C9H18N2O2/c1-7(9(12)13-2)11-5-3-4-8(10)6-11/h7-8H,3-6,10H2,1-2H3/t7?,8-/m1/s1. The number of carbonyl (C=O) groups excluding carboxylic acids is 1. The van der Waals surface area contributed by atoms with Crippen molar-refractivity contribution < 1.29 is 9.53 Å². The minimum atomic E-state index is -0.172. The number of piperidine rings is 1. The van der Waals surface area contributed by atoms with Crippen LogP contribution in [0.1, 0.15) is 19.8 Å². The molecule has 0 spiro atoms. The summed E-state index contributed by atoms with van der Waals surface area (Å²) in [6.07, 6.45) is 2.13. The molecule has 1 fully saturated rings. The Kier molecular flexibility index (Phi) is 3.69. The largest absolute Gasteiger partial charge is 0.468 e. The molecule has 0 aliphatic carbocycles. The van der Waals surface area contributed by atoms with Gasteiger partial charge in [-0.15, -0.1) is 0 Å². The normalized spacial score (nSPS) is 26.8. The lowest BCUT2D eigenvalue weighted by atomic mass is 10.1. The number of esters is 1. The lowest BCUT2D eigenvalue weighted by Crippen LogP contribution is -2.49. The number of carbonyl (C=O) groups is 1. The Bertz CT molecular complexity index is 184. The van der Waals surface area contributed by atoms with Crippen molar-refractivity contribution >= 4 is 5.97 Å². The Balaban J connectivity index is 2.45. The molecular weight excluding hydrogens is 168 g/mol. The summed E-state index contributed by atoms with van der Waals surface area (Å²) >= 11 is 0. The summed E-state index contributed by atoms with van der Waals surface area (Å²) in [4.78, 5) is 13.3. The van der Waals surface area contributed by atoms with Gasteiger partial charge in [0.05, 0.1) is 7.11 Å². The van der Waals surface area contributed by atoms with Crippen LogP contribution in [0.25, 0.3) is 0 Å². The molecule has 1 heterocycles. The zero-order chi connectivity index (χ0) is 9.84. The van der Waals surface area contributed by atoms with Crippen molar-refractivity contribution in [3.8, 4) is 0 Å².